The van der Waals surface area contributed by atoms with E-state index in [0.717, 1.165) is 21.7 Å². The van der Waals surface area contributed by atoms with Crippen LogP contribution in [0.5, 0.6) is 0 Å². The molecule has 1 amide bonds. The van der Waals surface area contributed by atoms with Crippen LogP contribution in [0.15, 0.2) is 58.0 Å². The molecule has 32 heavy (non-hydrogen) atoms. The third kappa shape index (κ3) is 5.70. The Morgan fingerprint density at radius 1 is 1.16 bits per heavy atom. The van der Waals surface area contributed by atoms with Crippen molar-refractivity contribution in [3.8, 4) is 11.3 Å². The normalized spacial score (nSPS) is 11.7. The van der Waals surface area contributed by atoms with Crippen molar-refractivity contribution in [2.75, 3.05) is 17.1 Å². The van der Waals surface area contributed by atoms with Gasteiger partial charge in [-0.05, 0) is 61.4 Å². The number of carbonyl (C=O) groups excluding carboxylic acids is 1. The van der Waals surface area contributed by atoms with Crippen LogP contribution < -0.4 is 9.73 Å². The highest BCUT2D eigenvalue weighted by Gasteiger charge is 2.22. The molecule has 1 N–H and O–H groups in total. The number of sulfonamides is 1. The summed E-state index contributed by atoms with van der Waals surface area (Å²) < 4.78 is 31.3. The van der Waals surface area contributed by atoms with Crippen LogP contribution >= 0.6 is 23.2 Å². The predicted molar refractivity (Wildman–Crippen MR) is 128 cm³/mol. The zero-order chi connectivity index (χ0) is 23.5. The summed E-state index contributed by atoms with van der Waals surface area (Å²) in [6.45, 7) is 3.27. The average Bonchev–Trinajstić information content (AvgIpc) is 3.16. The number of nitrogens with one attached hydrogen (secondary N) is 1. The van der Waals surface area contributed by atoms with Crippen molar-refractivity contribution in [2.45, 2.75) is 13.8 Å². The molecule has 0 aliphatic heterocycles. The van der Waals surface area contributed by atoms with E-state index in [-0.39, 0.29) is 0 Å². The molecule has 0 saturated carbocycles. The molecule has 0 bridgehead atoms. The van der Waals surface area contributed by atoms with Crippen LogP contribution in [-0.4, -0.2) is 33.3 Å². The van der Waals surface area contributed by atoms with Crippen molar-refractivity contribution in [3.63, 3.8) is 0 Å². The highest BCUT2D eigenvalue weighted by molar-refractivity contribution is 7.92. The Balaban J connectivity index is 1.69. The predicted octanol–water partition coefficient (Wildman–Crippen LogP) is 4.79. The topological polar surface area (TPSA) is 92.0 Å². The maximum atomic E-state index is 12.4. The molecule has 3 aromatic rings. The number of anilines is 1. The van der Waals surface area contributed by atoms with Crippen LogP contribution in [0.3, 0.4) is 0 Å². The van der Waals surface area contributed by atoms with Gasteiger partial charge in [0.05, 0.1) is 23.2 Å². The molecule has 2 aromatic carbocycles. The summed E-state index contributed by atoms with van der Waals surface area (Å²) in [5, 5.41) is 4.81. The van der Waals surface area contributed by atoms with Crippen molar-refractivity contribution < 1.29 is 17.6 Å². The van der Waals surface area contributed by atoms with E-state index in [2.05, 4.69) is 10.5 Å². The molecule has 0 spiro atoms. The van der Waals surface area contributed by atoms with E-state index < -0.39 is 22.5 Å². The Morgan fingerprint density at radius 2 is 1.91 bits per heavy atom. The molecule has 0 unspecified atom stereocenters. The zero-order valence-electron chi connectivity index (χ0n) is 17.6. The highest BCUT2D eigenvalue weighted by Crippen LogP contribution is 2.31. The highest BCUT2D eigenvalue weighted by atomic mass is 35.5. The van der Waals surface area contributed by atoms with Gasteiger partial charge in [-0.25, -0.2) is 13.8 Å². The Labute approximate surface area is 196 Å². The largest absolute Gasteiger partial charge is 0.455 e. The van der Waals surface area contributed by atoms with Gasteiger partial charge in [0, 0.05) is 10.6 Å². The lowest BCUT2D eigenvalue weighted by atomic mass is 10.1. The number of nitrogens with zero attached hydrogens (tertiary/aromatic N) is 2. The van der Waals surface area contributed by atoms with Crippen molar-refractivity contribution in [2.24, 2.45) is 5.10 Å². The second-order valence-corrected chi connectivity index (χ2v) is 9.86. The Morgan fingerprint density at radius 3 is 2.59 bits per heavy atom. The quantitative estimate of drug-likeness (QED) is 0.378. The Kier molecular flexibility index (Phi) is 7.28. The first kappa shape index (κ1) is 23.8. The van der Waals surface area contributed by atoms with Crippen LogP contribution in [-0.2, 0) is 14.8 Å². The lowest BCUT2D eigenvalue weighted by Gasteiger charge is -2.23. The number of rotatable bonds is 7. The van der Waals surface area contributed by atoms with Gasteiger partial charge in [0.15, 0.2) is 0 Å². The molecular formula is C22H21Cl2N3O4S. The zero-order valence-corrected chi connectivity index (χ0v) is 19.9. The van der Waals surface area contributed by atoms with Gasteiger partial charge in [0.2, 0.25) is 10.0 Å². The molecule has 0 atom stereocenters. The maximum absolute atomic E-state index is 12.4. The Bertz CT molecular complexity index is 1290. The molecule has 7 nitrogen and oxygen atoms in total. The molecule has 10 heteroatoms. The van der Waals surface area contributed by atoms with Gasteiger partial charge >= 0.3 is 0 Å². The molecule has 168 valence electrons. The summed E-state index contributed by atoms with van der Waals surface area (Å²) in [6, 6.07) is 13.7. The van der Waals surface area contributed by atoms with Gasteiger partial charge in [-0.15, -0.1) is 0 Å². The van der Waals surface area contributed by atoms with E-state index in [0.29, 0.717) is 32.8 Å². The summed E-state index contributed by atoms with van der Waals surface area (Å²) in [4.78, 5) is 12.4. The fraction of sp³-hybridized carbons (Fsp3) is 0.182. The summed E-state index contributed by atoms with van der Waals surface area (Å²) >= 11 is 12.1. The van der Waals surface area contributed by atoms with E-state index in [1.807, 2.05) is 13.0 Å². The van der Waals surface area contributed by atoms with E-state index in [4.69, 9.17) is 27.6 Å². The second kappa shape index (κ2) is 9.77. The van der Waals surface area contributed by atoms with E-state index in [9.17, 15) is 13.2 Å². The summed E-state index contributed by atoms with van der Waals surface area (Å²) in [5.74, 6) is 0.290. The molecule has 0 radical (unpaired) electrons. The minimum atomic E-state index is -3.68. The summed E-state index contributed by atoms with van der Waals surface area (Å²) in [6.07, 6.45) is 2.37. The minimum Gasteiger partial charge on any atom is -0.455 e. The number of hydrazone groups is 1. The minimum absolute atomic E-state index is 0.376. The van der Waals surface area contributed by atoms with E-state index in [1.54, 1.807) is 49.4 Å². The van der Waals surface area contributed by atoms with Crippen molar-refractivity contribution >= 4 is 51.0 Å². The first-order valence-corrected chi connectivity index (χ1v) is 12.1. The summed E-state index contributed by atoms with van der Waals surface area (Å²) in [5.41, 5.74) is 5.13. The first-order valence-electron chi connectivity index (χ1n) is 9.47. The fourth-order valence-electron chi connectivity index (χ4n) is 2.98. The molecule has 1 heterocycles. The molecule has 1 aromatic heterocycles. The third-order valence-corrected chi connectivity index (χ3v) is 6.41. The number of hydrogen-bond acceptors (Lipinski definition) is 5. The van der Waals surface area contributed by atoms with Gasteiger partial charge in [-0.3, -0.25) is 9.10 Å². The number of amides is 1. The average molecular weight is 494 g/mol. The van der Waals surface area contributed by atoms with E-state index >= 15 is 0 Å². The van der Waals surface area contributed by atoms with Gasteiger partial charge in [-0.2, -0.15) is 5.10 Å². The monoisotopic (exact) mass is 493 g/mol. The third-order valence-electron chi connectivity index (χ3n) is 4.74. The number of aryl methyl sites for hydroxylation is 1. The van der Waals surface area contributed by atoms with Gasteiger partial charge in [0.1, 0.15) is 18.1 Å². The number of benzene rings is 2. The summed E-state index contributed by atoms with van der Waals surface area (Å²) in [7, 11) is -3.68. The molecular weight excluding hydrogens is 473 g/mol. The van der Waals surface area contributed by atoms with Crippen LogP contribution in [0.2, 0.25) is 10.0 Å². The molecule has 0 fully saturated rings. The fourth-order valence-corrected chi connectivity index (χ4v) is 4.39. The number of halogens is 2. The molecule has 0 aliphatic carbocycles. The van der Waals surface area contributed by atoms with Gasteiger partial charge < -0.3 is 4.42 Å². The molecule has 0 aliphatic rings. The smallest absolute Gasteiger partial charge is 0.260 e. The number of hydrogen-bond donors (Lipinski definition) is 1. The van der Waals surface area contributed by atoms with Crippen molar-refractivity contribution in [3.05, 3.63) is 75.5 Å². The van der Waals surface area contributed by atoms with Gasteiger partial charge in [0.25, 0.3) is 5.91 Å². The standard InChI is InChI=1S/C22H21Cl2N3O4S/c1-14-5-4-6-20(15(14)2)27(32(3,29)30)13-22(28)26-25-12-17-8-10-21(31-17)18-9-7-16(23)11-19(18)24/h4-12H,13H2,1-3H3,(H,26,28)/b25-12-. The van der Waals surface area contributed by atoms with Crippen LogP contribution in [0.1, 0.15) is 16.9 Å². The number of carbonyl (C=O) groups is 1. The number of furan rings is 1. The van der Waals surface area contributed by atoms with Crippen LogP contribution in [0.25, 0.3) is 11.3 Å². The SMILES string of the molecule is Cc1cccc(N(CC(=O)N/N=C\c2ccc(-c3ccc(Cl)cc3Cl)o2)S(C)(=O)=O)c1C. The Hall–Kier alpha value is -2.81. The van der Waals surface area contributed by atoms with Crippen molar-refractivity contribution in [1.29, 1.82) is 0 Å². The molecule has 3 rings (SSSR count). The first-order chi connectivity index (χ1) is 15.1. The maximum Gasteiger partial charge on any atom is 0.260 e. The van der Waals surface area contributed by atoms with Crippen LogP contribution in [0, 0.1) is 13.8 Å². The van der Waals surface area contributed by atoms with Crippen LogP contribution in [0.4, 0.5) is 5.69 Å². The van der Waals surface area contributed by atoms with Crippen molar-refractivity contribution in [1.82, 2.24) is 5.43 Å². The lowest BCUT2D eigenvalue weighted by Crippen LogP contribution is -2.39. The lowest BCUT2D eigenvalue weighted by molar-refractivity contribution is -0.119. The molecule has 0 saturated heterocycles. The van der Waals surface area contributed by atoms with E-state index in [1.165, 1.54) is 6.21 Å². The second-order valence-electron chi connectivity index (χ2n) is 7.11. The van der Waals surface area contributed by atoms with Gasteiger partial charge in [-0.1, -0.05) is 35.3 Å².